The number of carbonyl (C=O) groups excluding carboxylic acids is 2. The van der Waals surface area contributed by atoms with Gasteiger partial charge in [0, 0.05) is 25.8 Å². The van der Waals surface area contributed by atoms with E-state index in [1.807, 2.05) is 0 Å². The Hall–Kier alpha value is -2.02. The number of rotatable bonds is 49. The Bertz CT molecular complexity index is 1070. The largest absolute Gasteiger partial charge is 0.356 e. The lowest BCUT2D eigenvalue weighted by Crippen LogP contribution is -2.25. The first-order chi connectivity index (χ1) is 30.5. The zero-order valence-electron chi connectivity index (χ0n) is 41.4. The lowest BCUT2D eigenvalue weighted by molar-refractivity contribution is -0.125. The summed E-state index contributed by atoms with van der Waals surface area (Å²) < 4.78 is 0. The van der Waals surface area contributed by atoms with Crippen LogP contribution in [-0.2, 0) is 9.59 Å². The van der Waals surface area contributed by atoms with Crippen molar-refractivity contribution < 1.29 is 9.59 Å². The minimum atomic E-state index is 0.0241. The molecule has 0 rings (SSSR count). The number of ketones is 1. The second-order valence-electron chi connectivity index (χ2n) is 18.6. The Balaban J connectivity index is 4.57. The molecule has 6 heteroatoms. The first-order valence-electron chi connectivity index (χ1n) is 27.0. The highest BCUT2D eigenvalue weighted by atomic mass is 16.2. The molecule has 3 unspecified atom stereocenters. The van der Waals surface area contributed by atoms with Crippen molar-refractivity contribution in [1.82, 2.24) is 5.32 Å². The first kappa shape index (κ1) is 60.0. The maximum absolute atomic E-state index is 13.0. The standard InChI is InChI=1S/C56H106N4O2/c1-3-5-7-9-11-13-15-17-19-21-23-25-27-29-31-38-52(39-32-30-28-26-24-22-20-18-16-14-12-10-8-6-4-2)43-44-55(61)45-46-56(62)60-51-36-34-41-53(40-33-35-48-57)54(47-50-59)42-37-49-58/h7,9-10,12-13,15-16,18,52-54H,3-6,8,11,14,17,19-51,57-59H2,1-2H3,(H,60,62). The fourth-order valence-electron chi connectivity index (χ4n) is 8.88. The summed E-state index contributed by atoms with van der Waals surface area (Å²) in [6.45, 7) is 7.38. The van der Waals surface area contributed by atoms with Crippen LogP contribution in [-0.4, -0.2) is 37.9 Å². The monoisotopic (exact) mass is 867 g/mol. The van der Waals surface area contributed by atoms with Gasteiger partial charge in [0.05, 0.1) is 0 Å². The number of nitrogens with two attached hydrogens (primary N) is 3. The molecule has 0 aliphatic heterocycles. The zero-order chi connectivity index (χ0) is 45.2. The SMILES string of the molecule is CCCC=CCC=CCCCCCCCCCC(CCCCCCCCC=CCC=CCCCC)CCC(=O)CCC(=O)NCCCCC(CCCCN)C(CCN)CCCN. The highest BCUT2D eigenvalue weighted by Gasteiger charge is 2.20. The van der Waals surface area contributed by atoms with Gasteiger partial charge in [-0.2, -0.15) is 0 Å². The summed E-state index contributed by atoms with van der Waals surface area (Å²) in [5.41, 5.74) is 17.6. The molecule has 0 aromatic rings. The van der Waals surface area contributed by atoms with Gasteiger partial charge in [-0.05, 0) is 127 Å². The van der Waals surface area contributed by atoms with E-state index < -0.39 is 0 Å². The van der Waals surface area contributed by atoms with Gasteiger partial charge in [0.25, 0.3) is 0 Å². The third-order valence-electron chi connectivity index (χ3n) is 12.9. The van der Waals surface area contributed by atoms with E-state index in [0.29, 0.717) is 43.6 Å². The van der Waals surface area contributed by atoms with Gasteiger partial charge in [0.15, 0.2) is 0 Å². The molecule has 0 aliphatic carbocycles. The minimum Gasteiger partial charge on any atom is -0.356 e. The number of unbranched alkanes of at least 4 members (excludes halogenated alkanes) is 18. The Morgan fingerprint density at radius 3 is 1.40 bits per heavy atom. The molecular weight excluding hydrogens is 761 g/mol. The molecule has 1 amide bonds. The molecule has 362 valence electrons. The minimum absolute atomic E-state index is 0.0241. The number of amides is 1. The summed E-state index contributed by atoms with van der Waals surface area (Å²) in [4.78, 5) is 25.7. The molecular formula is C56H106N4O2. The van der Waals surface area contributed by atoms with E-state index in [1.165, 1.54) is 161 Å². The van der Waals surface area contributed by atoms with Crippen LogP contribution in [0.1, 0.15) is 251 Å². The van der Waals surface area contributed by atoms with E-state index >= 15 is 0 Å². The van der Waals surface area contributed by atoms with Crippen molar-refractivity contribution in [2.45, 2.75) is 251 Å². The number of Topliss-reactive ketones (excluding diaryl/α,β-unsaturated/α-hetero) is 1. The Morgan fingerprint density at radius 2 is 0.871 bits per heavy atom. The molecule has 3 atom stereocenters. The molecule has 0 saturated heterocycles. The number of nitrogens with one attached hydrogen (secondary N) is 1. The molecule has 0 heterocycles. The number of hydrogen-bond donors (Lipinski definition) is 4. The van der Waals surface area contributed by atoms with E-state index in [-0.39, 0.29) is 11.7 Å². The lowest BCUT2D eigenvalue weighted by atomic mass is 9.79. The summed E-state index contributed by atoms with van der Waals surface area (Å²) >= 11 is 0. The van der Waals surface area contributed by atoms with E-state index in [0.717, 1.165) is 77.4 Å². The third kappa shape index (κ3) is 43.2. The molecule has 62 heavy (non-hydrogen) atoms. The quantitative estimate of drug-likeness (QED) is 0.0358. The molecule has 0 radical (unpaired) electrons. The van der Waals surface area contributed by atoms with Crippen molar-refractivity contribution in [3.05, 3.63) is 48.6 Å². The topological polar surface area (TPSA) is 124 Å². The fraction of sp³-hybridized carbons (Fsp3) is 0.821. The number of hydrogen-bond acceptors (Lipinski definition) is 5. The molecule has 0 spiro atoms. The van der Waals surface area contributed by atoms with Crippen molar-refractivity contribution in [2.75, 3.05) is 26.2 Å². The highest BCUT2D eigenvalue weighted by molar-refractivity contribution is 5.84. The van der Waals surface area contributed by atoms with Crippen LogP contribution in [0.5, 0.6) is 0 Å². The maximum atomic E-state index is 13.0. The van der Waals surface area contributed by atoms with Gasteiger partial charge in [-0.15, -0.1) is 0 Å². The fourth-order valence-corrected chi connectivity index (χ4v) is 8.88. The molecule has 7 N–H and O–H groups in total. The van der Waals surface area contributed by atoms with Crippen LogP contribution in [0.4, 0.5) is 0 Å². The molecule has 0 aromatic heterocycles. The molecule has 0 aromatic carbocycles. The predicted octanol–water partition coefficient (Wildman–Crippen LogP) is 15.1. The molecule has 0 saturated carbocycles. The van der Waals surface area contributed by atoms with Crippen LogP contribution in [0.3, 0.4) is 0 Å². The lowest BCUT2D eigenvalue weighted by Gasteiger charge is -2.27. The van der Waals surface area contributed by atoms with Gasteiger partial charge in [-0.25, -0.2) is 0 Å². The summed E-state index contributed by atoms with van der Waals surface area (Å²) in [5, 5.41) is 3.11. The van der Waals surface area contributed by atoms with Crippen LogP contribution < -0.4 is 22.5 Å². The van der Waals surface area contributed by atoms with Crippen molar-refractivity contribution in [3.8, 4) is 0 Å². The van der Waals surface area contributed by atoms with Crippen molar-refractivity contribution in [3.63, 3.8) is 0 Å². The Morgan fingerprint density at radius 1 is 0.403 bits per heavy atom. The van der Waals surface area contributed by atoms with E-state index in [1.54, 1.807) is 0 Å². The van der Waals surface area contributed by atoms with Gasteiger partial charge >= 0.3 is 0 Å². The van der Waals surface area contributed by atoms with Gasteiger partial charge < -0.3 is 22.5 Å². The molecule has 0 aliphatic rings. The van der Waals surface area contributed by atoms with E-state index in [2.05, 4.69) is 67.8 Å². The summed E-state index contributed by atoms with van der Waals surface area (Å²) in [6.07, 6.45) is 61.3. The van der Waals surface area contributed by atoms with Gasteiger partial charge in [-0.1, -0.05) is 191 Å². The van der Waals surface area contributed by atoms with Crippen molar-refractivity contribution in [2.24, 2.45) is 35.0 Å². The van der Waals surface area contributed by atoms with Gasteiger partial charge in [0.2, 0.25) is 5.91 Å². The van der Waals surface area contributed by atoms with E-state index in [9.17, 15) is 9.59 Å². The summed E-state index contributed by atoms with van der Waals surface area (Å²) in [6, 6.07) is 0. The Kier molecular flexibility index (Phi) is 48.4. The predicted molar refractivity (Wildman–Crippen MR) is 274 cm³/mol. The second-order valence-corrected chi connectivity index (χ2v) is 18.6. The number of allylic oxidation sites excluding steroid dienone is 8. The molecule has 0 bridgehead atoms. The third-order valence-corrected chi connectivity index (χ3v) is 12.9. The normalized spacial score (nSPS) is 13.6. The van der Waals surface area contributed by atoms with Crippen LogP contribution in [0.15, 0.2) is 48.6 Å². The van der Waals surface area contributed by atoms with Gasteiger partial charge in [0.1, 0.15) is 5.78 Å². The van der Waals surface area contributed by atoms with Crippen LogP contribution in [0.2, 0.25) is 0 Å². The number of carbonyl (C=O) groups is 2. The molecule has 6 nitrogen and oxygen atoms in total. The first-order valence-corrected chi connectivity index (χ1v) is 27.0. The van der Waals surface area contributed by atoms with Crippen LogP contribution >= 0.6 is 0 Å². The van der Waals surface area contributed by atoms with E-state index in [4.69, 9.17) is 17.2 Å². The van der Waals surface area contributed by atoms with Gasteiger partial charge in [-0.3, -0.25) is 9.59 Å². The van der Waals surface area contributed by atoms with Crippen molar-refractivity contribution in [1.29, 1.82) is 0 Å². The summed E-state index contributed by atoms with van der Waals surface area (Å²) in [5.74, 6) is 2.20. The average molecular weight is 867 g/mol. The molecule has 0 fully saturated rings. The highest BCUT2D eigenvalue weighted by Crippen LogP contribution is 2.30. The van der Waals surface area contributed by atoms with Crippen LogP contribution in [0.25, 0.3) is 0 Å². The average Bonchev–Trinajstić information content (AvgIpc) is 3.27. The Labute approximate surface area is 386 Å². The smallest absolute Gasteiger partial charge is 0.220 e. The zero-order valence-corrected chi connectivity index (χ0v) is 41.4. The van der Waals surface area contributed by atoms with Crippen molar-refractivity contribution >= 4 is 11.7 Å². The maximum Gasteiger partial charge on any atom is 0.220 e. The summed E-state index contributed by atoms with van der Waals surface area (Å²) in [7, 11) is 0. The van der Waals surface area contributed by atoms with Crippen LogP contribution in [0, 0.1) is 17.8 Å². The second kappa shape index (κ2) is 50.0.